The number of hydrogen-bond donors (Lipinski definition) is 2. The number of nitrogens with zero attached hydrogens (tertiary/aromatic N) is 3. The van der Waals surface area contributed by atoms with Crippen LogP contribution in [-0.2, 0) is 0 Å². The maximum absolute atomic E-state index is 11.8. The van der Waals surface area contributed by atoms with Crippen LogP contribution >= 0.6 is 0 Å². The van der Waals surface area contributed by atoms with E-state index in [1.807, 2.05) is 0 Å². The molecular formula is C14H14N5O5-. The summed E-state index contributed by atoms with van der Waals surface area (Å²) in [6.07, 6.45) is 1.17. The molecule has 2 aromatic rings. The molecule has 0 atom stereocenters. The van der Waals surface area contributed by atoms with Gasteiger partial charge in [0, 0.05) is 23.1 Å². The van der Waals surface area contributed by atoms with Crippen LogP contribution in [-0.4, -0.2) is 33.8 Å². The molecule has 0 unspecified atom stereocenters. The molecule has 1 amide bonds. The van der Waals surface area contributed by atoms with Crippen LogP contribution in [0.25, 0.3) is 0 Å². The number of ether oxygens (including phenoxy) is 1. The van der Waals surface area contributed by atoms with E-state index in [1.54, 1.807) is 13.8 Å². The molecule has 126 valence electrons. The zero-order valence-electron chi connectivity index (χ0n) is 12.9. The minimum absolute atomic E-state index is 0.151. The van der Waals surface area contributed by atoms with Crippen molar-refractivity contribution in [2.45, 2.75) is 13.8 Å². The number of nitro benzene ring substituents is 1. The highest BCUT2D eigenvalue weighted by atomic mass is 16.6. The summed E-state index contributed by atoms with van der Waals surface area (Å²) < 4.78 is 5.09. The van der Waals surface area contributed by atoms with Crippen LogP contribution in [0.1, 0.15) is 28.7 Å². The molecular weight excluding hydrogens is 318 g/mol. The number of aryl methyl sites for hydroxylation is 1. The first-order valence-corrected chi connectivity index (χ1v) is 6.90. The second-order valence-corrected chi connectivity index (χ2v) is 4.69. The fourth-order valence-corrected chi connectivity index (χ4v) is 1.84. The number of aromatic nitrogens is 2. The zero-order chi connectivity index (χ0) is 17.7. The van der Waals surface area contributed by atoms with Gasteiger partial charge >= 0.3 is 0 Å². The molecule has 0 aliphatic carbocycles. The predicted octanol–water partition coefficient (Wildman–Crippen LogP) is 0.863. The molecule has 1 aromatic carbocycles. The highest BCUT2D eigenvalue weighted by Crippen LogP contribution is 2.34. The molecule has 0 saturated heterocycles. The third-order valence-corrected chi connectivity index (χ3v) is 2.87. The van der Waals surface area contributed by atoms with E-state index in [0.717, 1.165) is 6.07 Å². The molecule has 0 spiro atoms. The smallest absolute Gasteiger partial charge is 0.291 e. The average Bonchev–Trinajstić information content (AvgIpc) is 2.96. The molecule has 0 bridgehead atoms. The van der Waals surface area contributed by atoms with Gasteiger partial charge < -0.3 is 9.84 Å². The number of benzene rings is 1. The molecule has 10 nitrogen and oxygen atoms in total. The Morgan fingerprint density at radius 2 is 2.25 bits per heavy atom. The highest BCUT2D eigenvalue weighted by molar-refractivity contribution is 5.93. The van der Waals surface area contributed by atoms with E-state index in [-0.39, 0.29) is 23.6 Å². The van der Waals surface area contributed by atoms with E-state index < -0.39 is 22.3 Å². The fraction of sp³-hybridized carbons (Fsp3) is 0.214. The van der Waals surface area contributed by atoms with Crippen molar-refractivity contribution in [3.05, 3.63) is 45.3 Å². The lowest BCUT2D eigenvalue weighted by Crippen LogP contribution is -2.18. The Morgan fingerprint density at radius 3 is 2.83 bits per heavy atom. The van der Waals surface area contributed by atoms with Crippen LogP contribution in [0.2, 0.25) is 0 Å². The first kappa shape index (κ1) is 16.9. The Morgan fingerprint density at radius 1 is 1.50 bits per heavy atom. The van der Waals surface area contributed by atoms with Crippen LogP contribution < -0.4 is 15.3 Å². The first-order chi connectivity index (χ1) is 11.4. The summed E-state index contributed by atoms with van der Waals surface area (Å²) >= 11 is 0. The molecule has 0 aliphatic rings. The molecule has 2 rings (SSSR count). The second kappa shape index (κ2) is 7.22. The second-order valence-electron chi connectivity index (χ2n) is 4.69. The van der Waals surface area contributed by atoms with Gasteiger partial charge in [0.2, 0.25) is 0 Å². The molecule has 0 fully saturated rings. The lowest BCUT2D eigenvalue weighted by molar-refractivity contribution is -0.398. The van der Waals surface area contributed by atoms with Crippen LogP contribution in [0.3, 0.4) is 0 Å². The van der Waals surface area contributed by atoms with Gasteiger partial charge in [-0.1, -0.05) is 0 Å². The molecule has 1 aromatic heterocycles. The molecule has 10 heteroatoms. The number of nitrogens with one attached hydrogen (secondary N) is 2. The summed E-state index contributed by atoms with van der Waals surface area (Å²) in [4.78, 5) is 21.9. The number of hydrogen-bond acceptors (Lipinski definition) is 7. The lowest BCUT2D eigenvalue weighted by Gasteiger charge is -2.14. The van der Waals surface area contributed by atoms with E-state index in [9.17, 15) is 20.0 Å². The van der Waals surface area contributed by atoms with Crippen LogP contribution in [0.4, 0.5) is 5.69 Å². The average molecular weight is 332 g/mol. The van der Waals surface area contributed by atoms with Crippen LogP contribution in [0.5, 0.6) is 11.5 Å². The minimum atomic E-state index is -0.810. The van der Waals surface area contributed by atoms with E-state index >= 15 is 0 Å². The van der Waals surface area contributed by atoms with E-state index in [0.29, 0.717) is 5.69 Å². The van der Waals surface area contributed by atoms with Gasteiger partial charge in [0.1, 0.15) is 5.75 Å². The number of nitro groups is 1. The summed E-state index contributed by atoms with van der Waals surface area (Å²) in [6, 6.07) is 3.90. The van der Waals surface area contributed by atoms with E-state index in [2.05, 4.69) is 20.7 Å². The fourth-order valence-electron chi connectivity index (χ4n) is 1.84. The largest absolute Gasteiger partial charge is 0.865 e. The predicted molar refractivity (Wildman–Crippen MR) is 82.1 cm³/mol. The Labute approximate surface area is 136 Å². The molecule has 1 heterocycles. The third kappa shape index (κ3) is 3.85. The Bertz CT molecular complexity index is 799. The van der Waals surface area contributed by atoms with Crippen molar-refractivity contribution in [3.8, 4) is 11.5 Å². The summed E-state index contributed by atoms with van der Waals surface area (Å²) in [5.41, 5.74) is 2.71. The van der Waals surface area contributed by atoms with Gasteiger partial charge in [-0.2, -0.15) is 10.2 Å². The number of carbonyl (C=O) groups excluding carboxylic acids is 1. The summed E-state index contributed by atoms with van der Waals surface area (Å²) in [5, 5.41) is 32.8. The van der Waals surface area contributed by atoms with Crippen molar-refractivity contribution < 1.29 is 19.6 Å². The van der Waals surface area contributed by atoms with Crippen molar-refractivity contribution in [3.63, 3.8) is 0 Å². The number of hydrazone groups is 1. The van der Waals surface area contributed by atoms with Crippen LogP contribution in [0.15, 0.2) is 23.3 Å². The highest BCUT2D eigenvalue weighted by Gasteiger charge is 2.13. The van der Waals surface area contributed by atoms with E-state index in [4.69, 9.17) is 4.74 Å². The van der Waals surface area contributed by atoms with Gasteiger partial charge in [-0.3, -0.25) is 20.0 Å². The number of amides is 1. The molecule has 0 saturated carbocycles. The van der Waals surface area contributed by atoms with Gasteiger partial charge in [0.25, 0.3) is 11.6 Å². The first-order valence-electron chi connectivity index (χ1n) is 6.90. The lowest BCUT2D eigenvalue weighted by atomic mass is 10.2. The number of rotatable bonds is 6. The maximum atomic E-state index is 11.8. The number of H-pyrrole nitrogens is 1. The quantitative estimate of drug-likeness (QED) is 0.456. The van der Waals surface area contributed by atoms with Gasteiger partial charge in [0.05, 0.1) is 17.7 Å². The topological polar surface area (TPSA) is 146 Å². The van der Waals surface area contributed by atoms with Gasteiger partial charge in [-0.25, -0.2) is 5.43 Å². The zero-order valence-corrected chi connectivity index (χ0v) is 12.9. The Balaban J connectivity index is 2.19. The Kier molecular flexibility index (Phi) is 5.09. The minimum Gasteiger partial charge on any atom is -0.865 e. The summed E-state index contributed by atoms with van der Waals surface area (Å²) in [7, 11) is 0. The van der Waals surface area contributed by atoms with Crippen molar-refractivity contribution >= 4 is 17.8 Å². The van der Waals surface area contributed by atoms with Gasteiger partial charge in [0.15, 0.2) is 5.69 Å². The third-order valence-electron chi connectivity index (χ3n) is 2.87. The van der Waals surface area contributed by atoms with Gasteiger partial charge in [-0.05, 0) is 26.0 Å². The maximum Gasteiger partial charge on any atom is 0.291 e. The van der Waals surface area contributed by atoms with Crippen molar-refractivity contribution in [1.29, 1.82) is 0 Å². The molecule has 0 aliphatic heterocycles. The van der Waals surface area contributed by atoms with Crippen molar-refractivity contribution in [2.24, 2.45) is 5.10 Å². The van der Waals surface area contributed by atoms with Crippen molar-refractivity contribution in [2.75, 3.05) is 6.61 Å². The molecule has 0 radical (unpaired) electrons. The van der Waals surface area contributed by atoms with E-state index in [1.165, 1.54) is 18.3 Å². The van der Waals surface area contributed by atoms with Crippen LogP contribution in [0, 0.1) is 17.0 Å². The monoisotopic (exact) mass is 332 g/mol. The number of carbonyl (C=O) groups is 1. The Hall–Kier alpha value is -3.43. The SMILES string of the molecule is CCOc1cc(/C=N\NC(=O)c2cc(C)[nH]n2)cc([N+](=O)[O-])c1[O-]. The normalized spacial score (nSPS) is 10.8. The standard InChI is InChI=1S/C14H15N5O5/c1-3-24-12-6-9(5-11(13(12)20)19(22)23)7-15-18-14(21)10-4-8(2)16-17-10/h4-7,20H,3H2,1-2H3,(H,16,17)(H,18,21)/p-1/b15-7-. The van der Waals surface area contributed by atoms with Gasteiger partial charge in [-0.15, -0.1) is 0 Å². The number of aromatic amines is 1. The molecule has 24 heavy (non-hydrogen) atoms. The molecule has 2 N–H and O–H groups in total. The van der Waals surface area contributed by atoms with Crippen molar-refractivity contribution in [1.82, 2.24) is 15.6 Å². The summed E-state index contributed by atoms with van der Waals surface area (Å²) in [6.45, 7) is 3.58. The summed E-state index contributed by atoms with van der Waals surface area (Å²) in [5.74, 6) is -1.51.